The fourth-order valence-corrected chi connectivity index (χ4v) is 3.06. The van der Waals surface area contributed by atoms with Gasteiger partial charge in [-0.05, 0) is 35.7 Å². The summed E-state index contributed by atoms with van der Waals surface area (Å²) in [6, 6.07) is 14.0. The summed E-state index contributed by atoms with van der Waals surface area (Å²) < 4.78 is 1.00. The van der Waals surface area contributed by atoms with Crippen molar-refractivity contribution < 1.29 is 4.79 Å². The van der Waals surface area contributed by atoms with Gasteiger partial charge in [-0.25, -0.2) is 0 Å². The highest BCUT2D eigenvalue weighted by molar-refractivity contribution is 9.10. The summed E-state index contributed by atoms with van der Waals surface area (Å²) in [7, 11) is 0. The van der Waals surface area contributed by atoms with Gasteiger partial charge < -0.3 is 10.6 Å². The van der Waals surface area contributed by atoms with Crippen LogP contribution in [0.4, 0.5) is 5.69 Å². The van der Waals surface area contributed by atoms with Gasteiger partial charge in [0.1, 0.15) is 0 Å². The van der Waals surface area contributed by atoms with E-state index in [4.69, 9.17) is 0 Å². The first-order chi connectivity index (χ1) is 10.2. The van der Waals surface area contributed by atoms with Crippen molar-refractivity contribution in [2.75, 3.05) is 11.9 Å². The van der Waals surface area contributed by atoms with E-state index in [0.717, 1.165) is 27.8 Å². The number of halogens is 1. The summed E-state index contributed by atoms with van der Waals surface area (Å²) in [5, 5.41) is 6.37. The number of benzene rings is 2. The monoisotopic (exact) mass is 344 g/mol. The summed E-state index contributed by atoms with van der Waals surface area (Å²) in [6.45, 7) is 3.50. The number of carbonyl (C=O) groups excluding carboxylic acids is 1. The summed E-state index contributed by atoms with van der Waals surface area (Å²) >= 11 is 3.49. The summed E-state index contributed by atoms with van der Waals surface area (Å²) in [4.78, 5) is 12.6. The molecule has 0 aromatic heterocycles. The first-order valence-corrected chi connectivity index (χ1v) is 7.80. The summed E-state index contributed by atoms with van der Waals surface area (Å²) in [6.07, 6.45) is 0. The van der Waals surface area contributed by atoms with Gasteiger partial charge in [-0.15, -0.1) is 0 Å². The lowest BCUT2D eigenvalue weighted by atomic mass is 9.90. The minimum Gasteiger partial charge on any atom is -0.325 e. The highest BCUT2D eigenvalue weighted by Gasteiger charge is 2.26. The van der Waals surface area contributed by atoms with Gasteiger partial charge in [-0.3, -0.25) is 4.79 Å². The van der Waals surface area contributed by atoms with Gasteiger partial charge in [-0.1, -0.05) is 46.3 Å². The third kappa shape index (κ3) is 2.87. The van der Waals surface area contributed by atoms with Gasteiger partial charge in [-0.2, -0.15) is 0 Å². The number of hydrogen-bond donors (Lipinski definition) is 2. The molecule has 2 aromatic rings. The van der Waals surface area contributed by atoms with E-state index in [2.05, 4.69) is 32.6 Å². The van der Waals surface area contributed by atoms with E-state index in [-0.39, 0.29) is 11.8 Å². The van der Waals surface area contributed by atoms with Crippen LogP contribution < -0.4 is 10.6 Å². The van der Waals surface area contributed by atoms with Crippen molar-refractivity contribution in [2.45, 2.75) is 19.4 Å². The van der Waals surface area contributed by atoms with Gasteiger partial charge in [0.2, 0.25) is 5.91 Å². The predicted octanol–water partition coefficient (Wildman–Crippen LogP) is 3.58. The fourth-order valence-electron chi connectivity index (χ4n) is 2.69. The SMILES string of the molecule is Cc1c(Br)cccc1NC(=O)C1CNCc2ccccc21. The van der Waals surface area contributed by atoms with Gasteiger partial charge in [0.05, 0.1) is 5.92 Å². The van der Waals surface area contributed by atoms with Crippen LogP contribution in [-0.4, -0.2) is 12.5 Å². The molecule has 0 fully saturated rings. The number of anilines is 1. The van der Waals surface area contributed by atoms with Crippen molar-refractivity contribution in [2.24, 2.45) is 0 Å². The van der Waals surface area contributed by atoms with Crippen LogP contribution in [0.5, 0.6) is 0 Å². The Morgan fingerprint density at radius 2 is 2.05 bits per heavy atom. The molecule has 1 heterocycles. The van der Waals surface area contributed by atoms with Crippen molar-refractivity contribution in [1.82, 2.24) is 5.32 Å². The molecule has 0 aliphatic carbocycles. The summed E-state index contributed by atoms with van der Waals surface area (Å²) in [5.74, 6) is -0.107. The molecule has 1 unspecified atom stereocenters. The molecule has 3 nitrogen and oxygen atoms in total. The second-order valence-corrected chi connectivity index (χ2v) is 6.14. The highest BCUT2D eigenvalue weighted by Crippen LogP contribution is 2.27. The molecule has 3 rings (SSSR count). The molecule has 4 heteroatoms. The Hall–Kier alpha value is -1.65. The molecule has 0 bridgehead atoms. The van der Waals surface area contributed by atoms with Crippen LogP contribution in [0.1, 0.15) is 22.6 Å². The first-order valence-electron chi connectivity index (χ1n) is 7.01. The number of carbonyl (C=O) groups is 1. The predicted molar refractivity (Wildman–Crippen MR) is 88.4 cm³/mol. The van der Waals surface area contributed by atoms with E-state index in [9.17, 15) is 4.79 Å². The van der Waals surface area contributed by atoms with Crippen LogP contribution in [0.2, 0.25) is 0 Å². The molecule has 0 saturated heterocycles. The molecule has 1 atom stereocenters. The molecule has 1 amide bonds. The number of hydrogen-bond acceptors (Lipinski definition) is 2. The van der Waals surface area contributed by atoms with Crippen molar-refractivity contribution in [3.05, 3.63) is 63.6 Å². The molecule has 2 N–H and O–H groups in total. The zero-order valence-electron chi connectivity index (χ0n) is 11.8. The van der Waals surface area contributed by atoms with Crippen LogP contribution in [-0.2, 0) is 11.3 Å². The number of nitrogens with one attached hydrogen (secondary N) is 2. The van der Waals surface area contributed by atoms with E-state index in [0.29, 0.717) is 6.54 Å². The van der Waals surface area contributed by atoms with Crippen molar-refractivity contribution in [1.29, 1.82) is 0 Å². The Morgan fingerprint density at radius 3 is 2.90 bits per heavy atom. The molecule has 1 aliphatic rings. The average Bonchev–Trinajstić information content (AvgIpc) is 2.51. The second-order valence-electron chi connectivity index (χ2n) is 5.28. The third-order valence-electron chi connectivity index (χ3n) is 3.94. The summed E-state index contributed by atoms with van der Waals surface area (Å²) in [5.41, 5.74) is 4.23. The maximum absolute atomic E-state index is 12.6. The Labute approximate surface area is 132 Å². The van der Waals surface area contributed by atoms with Crippen LogP contribution in [0.25, 0.3) is 0 Å². The average molecular weight is 345 g/mol. The topological polar surface area (TPSA) is 41.1 Å². The normalized spacial score (nSPS) is 17.1. The molecular formula is C17H17BrN2O. The van der Waals surface area contributed by atoms with Crippen molar-refractivity contribution in [3.8, 4) is 0 Å². The zero-order valence-corrected chi connectivity index (χ0v) is 13.4. The standard InChI is InChI=1S/C17H17BrN2O/c1-11-15(18)7-4-8-16(11)20-17(21)14-10-19-9-12-5-2-3-6-13(12)14/h2-8,14,19H,9-10H2,1H3,(H,20,21). The van der Waals surface area contributed by atoms with Gasteiger partial charge >= 0.3 is 0 Å². The van der Waals surface area contributed by atoms with Crippen LogP contribution >= 0.6 is 15.9 Å². The van der Waals surface area contributed by atoms with Gasteiger partial charge in [0.15, 0.2) is 0 Å². The molecule has 0 radical (unpaired) electrons. The van der Waals surface area contributed by atoms with Crippen LogP contribution in [0, 0.1) is 6.92 Å². The molecule has 108 valence electrons. The Bertz CT molecular complexity index is 684. The number of rotatable bonds is 2. The smallest absolute Gasteiger partial charge is 0.233 e. The fraction of sp³-hybridized carbons (Fsp3) is 0.235. The van der Waals surface area contributed by atoms with E-state index in [1.54, 1.807) is 0 Å². The van der Waals surface area contributed by atoms with Crippen molar-refractivity contribution in [3.63, 3.8) is 0 Å². The van der Waals surface area contributed by atoms with Gasteiger partial charge in [0.25, 0.3) is 0 Å². The third-order valence-corrected chi connectivity index (χ3v) is 4.80. The molecule has 0 spiro atoms. The lowest BCUT2D eigenvalue weighted by Gasteiger charge is -2.25. The minimum atomic E-state index is -0.145. The first kappa shape index (κ1) is 14.3. The largest absolute Gasteiger partial charge is 0.325 e. The van der Waals surface area contributed by atoms with E-state index in [1.165, 1.54) is 5.56 Å². The molecule has 1 aliphatic heterocycles. The maximum atomic E-state index is 12.6. The van der Waals surface area contributed by atoms with Crippen molar-refractivity contribution >= 4 is 27.5 Å². The zero-order chi connectivity index (χ0) is 14.8. The van der Waals surface area contributed by atoms with E-state index in [1.807, 2.05) is 43.3 Å². The molecular weight excluding hydrogens is 328 g/mol. The highest BCUT2D eigenvalue weighted by atomic mass is 79.9. The maximum Gasteiger partial charge on any atom is 0.233 e. The van der Waals surface area contributed by atoms with E-state index >= 15 is 0 Å². The second kappa shape index (κ2) is 6.00. The molecule has 2 aromatic carbocycles. The van der Waals surface area contributed by atoms with Crippen LogP contribution in [0.15, 0.2) is 46.9 Å². The quantitative estimate of drug-likeness (QED) is 0.874. The Morgan fingerprint density at radius 1 is 1.24 bits per heavy atom. The lowest BCUT2D eigenvalue weighted by Crippen LogP contribution is -2.35. The van der Waals surface area contributed by atoms with Gasteiger partial charge in [0, 0.05) is 23.2 Å². The molecule has 21 heavy (non-hydrogen) atoms. The Balaban J connectivity index is 1.85. The minimum absolute atomic E-state index is 0.0378. The lowest BCUT2D eigenvalue weighted by molar-refractivity contribution is -0.117. The number of fused-ring (bicyclic) bond motifs is 1. The van der Waals surface area contributed by atoms with Crippen LogP contribution in [0.3, 0.4) is 0 Å². The Kier molecular flexibility index (Phi) is 4.08. The molecule has 0 saturated carbocycles. The van der Waals surface area contributed by atoms with E-state index < -0.39 is 0 Å². The number of amides is 1.